The van der Waals surface area contributed by atoms with E-state index < -0.39 is 0 Å². The quantitative estimate of drug-likeness (QED) is 0.408. The highest BCUT2D eigenvalue weighted by Gasteiger charge is 2.24. The van der Waals surface area contributed by atoms with E-state index in [0.29, 0.717) is 12.5 Å². The van der Waals surface area contributed by atoms with E-state index in [0.717, 1.165) is 45.2 Å². The summed E-state index contributed by atoms with van der Waals surface area (Å²) in [5.74, 6) is 1.67. The van der Waals surface area contributed by atoms with Gasteiger partial charge in [-0.2, -0.15) is 0 Å². The zero-order valence-electron chi connectivity index (χ0n) is 14.3. The second kappa shape index (κ2) is 11.7. The van der Waals surface area contributed by atoms with Crippen molar-refractivity contribution in [3.63, 3.8) is 0 Å². The van der Waals surface area contributed by atoms with E-state index in [-0.39, 0.29) is 24.0 Å². The summed E-state index contributed by atoms with van der Waals surface area (Å²) in [7, 11) is 0. The minimum absolute atomic E-state index is 0. The Morgan fingerprint density at radius 1 is 1.30 bits per heavy atom. The van der Waals surface area contributed by atoms with E-state index in [1.54, 1.807) is 0 Å². The normalized spacial score (nSPS) is 17.9. The Morgan fingerprint density at radius 3 is 2.78 bits per heavy atom. The standard InChI is InChI=1S/C18H29N3O.HI/c1-3-11-20-18(19-4-2)21-12-10-17(13-21)15-22-14-16-8-6-5-7-9-16;/h5-9,17H,3-4,10-15H2,1-2H3,(H,19,20);1H. The molecule has 0 saturated carbocycles. The zero-order valence-corrected chi connectivity index (χ0v) is 16.7. The SMILES string of the molecule is CCCN=C(NCC)N1CCC(COCc2ccccc2)C1.I. The third-order valence-electron chi connectivity index (χ3n) is 3.87. The van der Waals surface area contributed by atoms with Crippen molar-refractivity contribution < 1.29 is 4.74 Å². The number of nitrogens with one attached hydrogen (secondary N) is 1. The molecule has 2 rings (SSSR count). The van der Waals surface area contributed by atoms with Gasteiger partial charge >= 0.3 is 0 Å². The number of hydrogen-bond donors (Lipinski definition) is 1. The van der Waals surface area contributed by atoms with Crippen molar-refractivity contribution in [1.82, 2.24) is 10.2 Å². The molecule has 0 aliphatic carbocycles. The fraction of sp³-hybridized carbons (Fsp3) is 0.611. The van der Waals surface area contributed by atoms with Gasteiger partial charge in [-0.05, 0) is 25.3 Å². The fourth-order valence-corrected chi connectivity index (χ4v) is 2.72. The smallest absolute Gasteiger partial charge is 0.193 e. The van der Waals surface area contributed by atoms with Crippen LogP contribution in [0.5, 0.6) is 0 Å². The first kappa shape index (κ1) is 20.2. The van der Waals surface area contributed by atoms with Gasteiger partial charge in [-0.3, -0.25) is 4.99 Å². The zero-order chi connectivity index (χ0) is 15.6. The average molecular weight is 431 g/mol. The number of ether oxygens (including phenoxy) is 1. The van der Waals surface area contributed by atoms with Crippen molar-refractivity contribution in [3.8, 4) is 0 Å². The third-order valence-corrected chi connectivity index (χ3v) is 3.87. The van der Waals surface area contributed by atoms with Gasteiger partial charge in [-0.15, -0.1) is 24.0 Å². The van der Waals surface area contributed by atoms with Gasteiger partial charge in [0, 0.05) is 32.1 Å². The second-order valence-electron chi connectivity index (χ2n) is 5.84. The van der Waals surface area contributed by atoms with Crippen LogP contribution in [0.1, 0.15) is 32.3 Å². The van der Waals surface area contributed by atoms with Crippen molar-refractivity contribution in [1.29, 1.82) is 0 Å². The van der Waals surface area contributed by atoms with E-state index >= 15 is 0 Å². The molecule has 1 aromatic carbocycles. The average Bonchev–Trinajstić information content (AvgIpc) is 3.01. The molecule has 1 aliphatic rings. The molecule has 5 heteroatoms. The van der Waals surface area contributed by atoms with Crippen molar-refractivity contribution in [2.75, 3.05) is 32.8 Å². The predicted molar refractivity (Wildman–Crippen MR) is 107 cm³/mol. The van der Waals surface area contributed by atoms with Gasteiger partial charge in [0.1, 0.15) is 0 Å². The van der Waals surface area contributed by atoms with Gasteiger partial charge in [0.25, 0.3) is 0 Å². The summed E-state index contributed by atoms with van der Waals surface area (Å²) in [6, 6.07) is 10.4. The van der Waals surface area contributed by atoms with Gasteiger partial charge < -0.3 is 15.0 Å². The summed E-state index contributed by atoms with van der Waals surface area (Å²) in [4.78, 5) is 7.04. The Balaban J connectivity index is 0.00000264. The lowest BCUT2D eigenvalue weighted by molar-refractivity contribution is 0.0907. The molecule has 1 aromatic rings. The van der Waals surface area contributed by atoms with E-state index in [1.807, 2.05) is 6.07 Å². The molecule has 1 fully saturated rings. The molecule has 1 N–H and O–H groups in total. The molecular weight excluding hydrogens is 401 g/mol. The summed E-state index contributed by atoms with van der Waals surface area (Å²) >= 11 is 0. The van der Waals surface area contributed by atoms with E-state index in [4.69, 9.17) is 4.74 Å². The topological polar surface area (TPSA) is 36.9 Å². The minimum Gasteiger partial charge on any atom is -0.376 e. The maximum atomic E-state index is 5.89. The molecule has 1 saturated heterocycles. The number of hydrogen-bond acceptors (Lipinski definition) is 2. The van der Waals surface area contributed by atoms with Crippen molar-refractivity contribution in [2.24, 2.45) is 10.9 Å². The Kier molecular flexibility index (Phi) is 10.3. The minimum atomic E-state index is 0. The molecule has 0 spiro atoms. The number of nitrogens with zero attached hydrogens (tertiary/aromatic N) is 2. The fourth-order valence-electron chi connectivity index (χ4n) is 2.72. The molecule has 0 bridgehead atoms. The Morgan fingerprint density at radius 2 is 2.09 bits per heavy atom. The van der Waals surface area contributed by atoms with Crippen LogP contribution in [-0.4, -0.2) is 43.6 Å². The van der Waals surface area contributed by atoms with Gasteiger partial charge in [-0.1, -0.05) is 37.3 Å². The van der Waals surface area contributed by atoms with Gasteiger partial charge in [0.05, 0.1) is 13.2 Å². The second-order valence-corrected chi connectivity index (χ2v) is 5.84. The number of benzene rings is 1. The molecule has 0 amide bonds. The van der Waals surface area contributed by atoms with E-state index in [9.17, 15) is 0 Å². The summed E-state index contributed by atoms with van der Waals surface area (Å²) < 4.78 is 5.89. The van der Waals surface area contributed by atoms with Crippen LogP contribution < -0.4 is 5.32 Å². The molecular formula is C18H30IN3O. The maximum absolute atomic E-state index is 5.89. The van der Waals surface area contributed by atoms with Crippen LogP contribution in [0.2, 0.25) is 0 Å². The third kappa shape index (κ3) is 7.08. The number of rotatable bonds is 7. The predicted octanol–water partition coefficient (Wildman–Crippen LogP) is 3.52. The molecule has 0 aromatic heterocycles. The lowest BCUT2D eigenvalue weighted by Gasteiger charge is -2.21. The van der Waals surface area contributed by atoms with Crippen molar-refractivity contribution in [2.45, 2.75) is 33.3 Å². The molecule has 130 valence electrons. The van der Waals surface area contributed by atoms with E-state index in [2.05, 4.69) is 53.3 Å². The number of guanidine groups is 1. The lowest BCUT2D eigenvalue weighted by Crippen LogP contribution is -2.40. The molecule has 0 radical (unpaired) electrons. The summed E-state index contributed by atoms with van der Waals surface area (Å²) in [5, 5.41) is 3.40. The van der Waals surface area contributed by atoms with Crippen LogP contribution in [0.25, 0.3) is 0 Å². The summed E-state index contributed by atoms with van der Waals surface area (Å²) in [6.07, 6.45) is 2.28. The monoisotopic (exact) mass is 431 g/mol. The van der Waals surface area contributed by atoms with Crippen LogP contribution >= 0.6 is 24.0 Å². The highest BCUT2D eigenvalue weighted by Crippen LogP contribution is 2.17. The Hall–Kier alpha value is -0.820. The largest absolute Gasteiger partial charge is 0.376 e. The molecule has 1 atom stereocenters. The molecule has 1 unspecified atom stereocenters. The van der Waals surface area contributed by atoms with Gasteiger partial charge in [0.15, 0.2) is 5.96 Å². The van der Waals surface area contributed by atoms with Crippen LogP contribution in [0, 0.1) is 5.92 Å². The Labute approximate surface area is 157 Å². The van der Waals surface area contributed by atoms with Crippen LogP contribution in [0.3, 0.4) is 0 Å². The maximum Gasteiger partial charge on any atom is 0.193 e. The van der Waals surface area contributed by atoms with Crippen molar-refractivity contribution >= 4 is 29.9 Å². The number of aliphatic imine (C=N–C) groups is 1. The van der Waals surface area contributed by atoms with Crippen LogP contribution in [0.4, 0.5) is 0 Å². The molecule has 23 heavy (non-hydrogen) atoms. The number of likely N-dealkylation sites (tertiary alicyclic amines) is 1. The summed E-state index contributed by atoms with van der Waals surface area (Å²) in [6.45, 7) is 9.77. The first-order valence-electron chi connectivity index (χ1n) is 8.48. The van der Waals surface area contributed by atoms with Crippen molar-refractivity contribution in [3.05, 3.63) is 35.9 Å². The Bertz CT molecular complexity index is 453. The highest BCUT2D eigenvalue weighted by molar-refractivity contribution is 14.0. The van der Waals surface area contributed by atoms with E-state index in [1.165, 1.54) is 12.0 Å². The lowest BCUT2D eigenvalue weighted by atomic mass is 10.1. The first-order valence-corrected chi connectivity index (χ1v) is 8.48. The molecule has 4 nitrogen and oxygen atoms in total. The summed E-state index contributed by atoms with van der Waals surface area (Å²) in [5.41, 5.74) is 1.25. The first-order chi connectivity index (χ1) is 10.8. The molecule has 1 aliphatic heterocycles. The highest BCUT2D eigenvalue weighted by atomic mass is 127. The van der Waals surface area contributed by atoms with Crippen LogP contribution in [0.15, 0.2) is 35.3 Å². The molecule has 1 heterocycles. The van der Waals surface area contributed by atoms with Crippen LogP contribution in [-0.2, 0) is 11.3 Å². The number of halogens is 1. The van der Waals surface area contributed by atoms with Gasteiger partial charge in [-0.25, -0.2) is 0 Å². The van der Waals surface area contributed by atoms with Gasteiger partial charge in [0.2, 0.25) is 0 Å².